The fourth-order valence-corrected chi connectivity index (χ4v) is 2.15. The van der Waals surface area contributed by atoms with E-state index in [9.17, 15) is 0 Å². The van der Waals surface area contributed by atoms with Crippen molar-refractivity contribution in [2.45, 2.75) is 13.3 Å². The normalized spacial score (nSPS) is 10.4. The number of halogens is 1. The molecular formula is C15H16ClNO. The van der Waals surface area contributed by atoms with Gasteiger partial charge in [-0.2, -0.15) is 0 Å². The zero-order valence-corrected chi connectivity index (χ0v) is 11.3. The van der Waals surface area contributed by atoms with Crippen LogP contribution in [-0.4, -0.2) is 7.11 Å². The highest BCUT2D eigenvalue weighted by molar-refractivity contribution is 6.30. The van der Waals surface area contributed by atoms with Gasteiger partial charge in [-0.1, -0.05) is 23.7 Å². The third kappa shape index (κ3) is 2.77. The lowest BCUT2D eigenvalue weighted by Gasteiger charge is -2.11. The molecular weight excluding hydrogens is 246 g/mol. The lowest BCUT2D eigenvalue weighted by Crippen LogP contribution is -1.99. The minimum absolute atomic E-state index is 0.751. The molecule has 3 heteroatoms. The Kier molecular flexibility index (Phi) is 3.78. The molecule has 0 saturated carbocycles. The molecule has 2 aromatic carbocycles. The van der Waals surface area contributed by atoms with Crippen molar-refractivity contribution in [3.63, 3.8) is 0 Å². The summed E-state index contributed by atoms with van der Waals surface area (Å²) in [6.07, 6.45) is 0.799. The summed E-state index contributed by atoms with van der Waals surface area (Å²) in [5.74, 6) is 0.787. The highest BCUT2D eigenvalue weighted by atomic mass is 35.5. The van der Waals surface area contributed by atoms with Gasteiger partial charge in [-0.15, -0.1) is 0 Å². The van der Waals surface area contributed by atoms with E-state index in [1.54, 1.807) is 7.11 Å². The largest absolute Gasteiger partial charge is 0.497 e. The SMILES string of the molecule is COc1cc(N)c(C)c(Cc2cccc(Cl)c2)c1. The smallest absolute Gasteiger partial charge is 0.121 e. The number of methoxy groups -OCH3 is 1. The van der Waals surface area contributed by atoms with Crippen LogP contribution in [0.4, 0.5) is 5.69 Å². The summed E-state index contributed by atoms with van der Waals surface area (Å²) < 4.78 is 5.25. The van der Waals surface area contributed by atoms with E-state index in [1.807, 2.05) is 37.3 Å². The van der Waals surface area contributed by atoms with Gasteiger partial charge in [-0.25, -0.2) is 0 Å². The molecule has 2 N–H and O–H groups in total. The number of nitrogens with two attached hydrogens (primary N) is 1. The fraction of sp³-hybridized carbons (Fsp3) is 0.200. The minimum atomic E-state index is 0.751. The molecule has 0 fully saturated rings. The van der Waals surface area contributed by atoms with Gasteiger partial charge in [0.1, 0.15) is 5.75 Å². The molecule has 2 nitrogen and oxygen atoms in total. The molecule has 0 saturated heterocycles. The van der Waals surface area contributed by atoms with Crippen molar-refractivity contribution in [1.29, 1.82) is 0 Å². The van der Waals surface area contributed by atoms with Crippen LogP contribution in [0.3, 0.4) is 0 Å². The Bertz CT molecular complexity index is 566. The van der Waals surface area contributed by atoms with Gasteiger partial charge in [0.2, 0.25) is 0 Å². The van der Waals surface area contributed by atoms with E-state index in [-0.39, 0.29) is 0 Å². The molecule has 0 radical (unpaired) electrons. The molecule has 0 aliphatic heterocycles. The standard InChI is InChI=1S/C15H16ClNO/c1-10-12(8-14(18-2)9-15(10)17)6-11-4-3-5-13(16)7-11/h3-5,7-9H,6,17H2,1-2H3. The quantitative estimate of drug-likeness (QED) is 0.853. The van der Waals surface area contributed by atoms with Crippen LogP contribution in [0.1, 0.15) is 16.7 Å². The summed E-state index contributed by atoms with van der Waals surface area (Å²) >= 11 is 5.99. The molecule has 0 atom stereocenters. The highest BCUT2D eigenvalue weighted by Gasteiger charge is 2.06. The molecule has 0 aromatic heterocycles. The first kappa shape index (κ1) is 12.8. The second-order valence-electron chi connectivity index (χ2n) is 4.31. The van der Waals surface area contributed by atoms with Gasteiger partial charge in [-0.3, -0.25) is 0 Å². The number of hydrogen-bond donors (Lipinski definition) is 1. The molecule has 0 heterocycles. The van der Waals surface area contributed by atoms with Gasteiger partial charge < -0.3 is 10.5 Å². The van der Waals surface area contributed by atoms with Crippen LogP contribution in [0.15, 0.2) is 36.4 Å². The second kappa shape index (κ2) is 5.32. The first-order chi connectivity index (χ1) is 8.60. The Labute approximate surface area is 112 Å². The van der Waals surface area contributed by atoms with E-state index in [0.29, 0.717) is 0 Å². The minimum Gasteiger partial charge on any atom is -0.497 e. The topological polar surface area (TPSA) is 35.2 Å². The Morgan fingerprint density at radius 3 is 2.67 bits per heavy atom. The maximum atomic E-state index is 5.99. The second-order valence-corrected chi connectivity index (χ2v) is 4.74. The summed E-state index contributed by atoms with van der Waals surface area (Å²) in [5, 5.41) is 0.751. The number of nitrogen functional groups attached to an aromatic ring is 1. The van der Waals surface area contributed by atoms with Crippen LogP contribution >= 0.6 is 11.6 Å². The van der Waals surface area contributed by atoms with Crippen LogP contribution in [0, 0.1) is 6.92 Å². The average Bonchev–Trinajstić information content (AvgIpc) is 2.34. The van der Waals surface area contributed by atoms with Crippen molar-refractivity contribution in [2.75, 3.05) is 12.8 Å². The summed E-state index contributed by atoms with van der Waals surface area (Å²) in [5.41, 5.74) is 10.1. The molecule has 0 aliphatic rings. The van der Waals surface area contributed by atoms with Crippen molar-refractivity contribution in [1.82, 2.24) is 0 Å². The summed E-state index contributed by atoms with van der Waals surface area (Å²) in [7, 11) is 1.65. The predicted molar refractivity (Wildman–Crippen MR) is 76.4 cm³/mol. The van der Waals surface area contributed by atoms with Crippen LogP contribution < -0.4 is 10.5 Å². The Hall–Kier alpha value is -1.67. The van der Waals surface area contributed by atoms with E-state index in [2.05, 4.69) is 6.07 Å². The Balaban J connectivity index is 2.36. The monoisotopic (exact) mass is 261 g/mol. The Morgan fingerprint density at radius 2 is 2.00 bits per heavy atom. The zero-order chi connectivity index (χ0) is 13.1. The predicted octanol–water partition coefficient (Wildman–Crippen LogP) is 3.83. The van der Waals surface area contributed by atoms with Crippen molar-refractivity contribution < 1.29 is 4.74 Å². The van der Waals surface area contributed by atoms with Gasteiger partial charge in [0, 0.05) is 16.8 Å². The molecule has 0 bridgehead atoms. The lowest BCUT2D eigenvalue weighted by molar-refractivity contribution is 0.414. The first-order valence-electron chi connectivity index (χ1n) is 5.77. The van der Waals surface area contributed by atoms with Gasteiger partial charge in [0.05, 0.1) is 7.11 Å². The summed E-state index contributed by atoms with van der Waals surface area (Å²) in [6, 6.07) is 11.7. The Morgan fingerprint density at radius 1 is 1.22 bits per heavy atom. The molecule has 18 heavy (non-hydrogen) atoms. The van der Waals surface area contributed by atoms with E-state index < -0.39 is 0 Å². The van der Waals surface area contributed by atoms with Crippen LogP contribution in [0.5, 0.6) is 5.75 Å². The molecule has 94 valence electrons. The zero-order valence-electron chi connectivity index (χ0n) is 10.5. The molecule has 0 amide bonds. The van der Waals surface area contributed by atoms with E-state index in [1.165, 1.54) is 5.56 Å². The van der Waals surface area contributed by atoms with Crippen molar-refractivity contribution >= 4 is 17.3 Å². The number of hydrogen-bond acceptors (Lipinski definition) is 2. The van der Waals surface area contributed by atoms with Crippen LogP contribution in [-0.2, 0) is 6.42 Å². The molecule has 2 rings (SSSR count). The number of ether oxygens (including phenoxy) is 1. The van der Waals surface area contributed by atoms with Gasteiger partial charge in [0.25, 0.3) is 0 Å². The van der Waals surface area contributed by atoms with E-state index in [0.717, 1.165) is 34.0 Å². The number of benzene rings is 2. The number of rotatable bonds is 3. The third-order valence-corrected chi connectivity index (χ3v) is 3.28. The van der Waals surface area contributed by atoms with Crippen LogP contribution in [0.25, 0.3) is 0 Å². The van der Waals surface area contributed by atoms with Crippen molar-refractivity contribution in [2.24, 2.45) is 0 Å². The summed E-state index contributed by atoms with van der Waals surface area (Å²) in [6.45, 7) is 2.02. The lowest BCUT2D eigenvalue weighted by atomic mass is 9.99. The fourth-order valence-electron chi connectivity index (χ4n) is 1.94. The van der Waals surface area contributed by atoms with Crippen molar-refractivity contribution in [3.05, 3.63) is 58.1 Å². The number of anilines is 1. The van der Waals surface area contributed by atoms with Gasteiger partial charge >= 0.3 is 0 Å². The van der Waals surface area contributed by atoms with Gasteiger partial charge in [0.15, 0.2) is 0 Å². The molecule has 2 aromatic rings. The maximum Gasteiger partial charge on any atom is 0.121 e. The van der Waals surface area contributed by atoms with E-state index >= 15 is 0 Å². The maximum absolute atomic E-state index is 5.99. The molecule has 0 unspecified atom stereocenters. The molecule has 0 spiro atoms. The summed E-state index contributed by atoms with van der Waals surface area (Å²) in [4.78, 5) is 0. The van der Waals surface area contributed by atoms with Gasteiger partial charge in [-0.05, 0) is 48.2 Å². The van der Waals surface area contributed by atoms with Crippen molar-refractivity contribution in [3.8, 4) is 5.75 Å². The van der Waals surface area contributed by atoms with Crippen LogP contribution in [0.2, 0.25) is 5.02 Å². The molecule has 0 aliphatic carbocycles. The van der Waals surface area contributed by atoms with E-state index in [4.69, 9.17) is 22.1 Å². The average molecular weight is 262 g/mol. The third-order valence-electron chi connectivity index (χ3n) is 3.05. The first-order valence-corrected chi connectivity index (χ1v) is 6.15. The highest BCUT2D eigenvalue weighted by Crippen LogP contribution is 2.26.